The molecule has 0 saturated carbocycles. The van der Waals surface area contributed by atoms with Crippen LogP contribution in [0.1, 0.15) is 32.6 Å². The van der Waals surface area contributed by atoms with Crippen molar-refractivity contribution in [3.8, 4) is 0 Å². The molecule has 0 radical (unpaired) electrons. The highest BCUT2D eigenvalue weighted by atomic mass is 32.2. The first kappa shape index (κ1) is 18.4. The normalized spacial score (nSPS) is 20.6. The van der Waals surface area contributed by atoms with Crippen LogP contribution in [-0.2, 0) is 10.2 Å². The fourth-order valence-corrected chi connectivity index (χ4v) is 4.43. The lowest BCUT2D eigenvalue weighted by atomic mass is 10.1. The van der Waals surface area contributed by atoms with Crippen molar-refractivity contribution < 1.29 is 8.42 Å². The fourth-order valence-electron chi connectivity index (χ4n) is 2.63. The smallest absolute Gasteiger partial charge is 0.282 e. The zero-order chi connectivity index (χ0) is 15.7. The van der Waals surface area contributed by atoms with Gasteiger partial charge in [-0.05, 0) is 25.8 Å². The molecule has 0 aromatic carbocycles. The number of hydrogen-bond acceptors (Lipinski definition) is 3. The first-order valence-corrected chi connectivity index (χ1v) is 9.17. The fraction of sp³-hybridized carbons (Fsp3) is 0.733. The molecule has 1 N–H and O–H groups in total. The highest BCUT2D eigenvalue weighted by Crippen LogP contribution is 2.22. The third-order valence-electron chi connectivity index (χ3n) is 3.67. The highest BCUT2D eigenvalue weighted by molar-refractivity contribution is 7.86. The van der Waals surface area contributed by atoms with E-state index >= 15 is 0 Å². The average molecular weight is 315 g/mol. The maximum Gasteiger partial charge on any atom is 0.282 e. The molecular weight excluding hydrogens is 286 g/mol. The molecule has 0 bridgehead atoms. The summed E-state index contributed by atoms with van der Waals surface area (Å²) in [7, 11) is -3.45. The number of rotatable bonds is 10. The second-order valence-corrected chi connectivity index (χ2v) is 7.25. The third kappa shape index (κ3) is 5.21. The largest absolute Gasteiger partial charge is 0.315 e. The molecule has 1 atom stereocenters. The molecule has 0 aromatic heterocycles. The van der Waals surface area contributed by atoms with E-state index in [0.717, 1.165) is 38.8 Å². The lowest BCUT2D eigenvalue weighted by molar-refractivity contribution is 0.230. The Labute approximate surface area is 129 Å². The Hall–Kier alpha value is -0.690. The lowest BCUT2D eigenvalue weighted by Crippen LogP contribution is -2.53. The molecule has 21 heavy (non-hydrogen) atoms. The molecule has 0 spiro atoms. The molecule has 5 nitrogen and oxygen atoms in total. The van der Waals surface area contributed by atoms with Crippen LogP contribution < -0.4 is 5.32 Å². The van der Waals surface area contributed by atoms with E-state index in [2.05, 4.69) is 25.4 Å². The van der Waals surface area contributed by atoms with Gasteiger partial charge in [0.05, 0.1) is 0 Å². The van der Waals surface area contributed by atoms with Crippen LogP contribution in [0.4, 0.5) is 0 Å². The Morgan fingerprint density at radius 3 is 2.52 bits per heavy atom. The van der Waals surface area contributed by atoms with Crippen molar-refractivity contribution in [1.29, 1.82) is 0 Å². The van der Waals surface area contributed by atoms with Gasteiger partial charge in [-0.1, -0.05) is 25.5 Å². The van der Waals surface area contributed by atoms with Crippen molar-refractivity contribution in [1.82, 2.24) is 13.9 Å². The van der Waals surface area contributed by atoms with E-state index in [1.807, 2.05) is 0 Å². The van der Waals surface area contributed by atoms with E-state index < -0.39 is 10.2 Å². The average Bonchev–Trinajstić information content (AvgIpc) is 2.47. The predicted molar refractivity (Wildman–Crippen MR) is 88.4 cm³/mol. The summed E-state index contributed by atoms with van der Waals surface area (Å²) < 4.78 is 28.8. The van der Waals surface area contributed by atoms with Crippen molar-refractivity contribution in [3.05, 3.63) is 25.3 Å². The van der Waals surface area contributed by atoms with E-state index in [9.17, 15) is 8.42 Å². The van der Waals surface area contributed by atoms with Gasteiger partial charge in [-0.25, -0.2) is 0 Å². The van der Waals surface area contributed by atoms with E-state index in [-0.39, 0.29) is 6.04 Å². The van der Waals surface area contributed by atoms with E-state index in [1.54, 1.807) is 16.5 Å². The van der Waals surface area contributed by atoms with Gasteiger partial charge < -0.3 is 5.32 Å². The third-order valence-corrected chi connectivity index (χ3v) is 5.69. The summed E-state index contributed by atoms with van der Waals surface area (Å²) >= 11 is 0. The van der Waals surface area contributed by atoms with Crippen molar-refractivity contribution in [3.63, 3.8) is 0 Å². The molecule has 0 aliphatic carbocycles. The maximum absolute atomic E-state index is 12.8. The van der Waals surface area contributed by atoms with Gasteiger partial charge in [-0.3, -0.25) is 0 Å². The van der Waals surface area contributed by atoms with Gasteiger partial charge >= 0.3 is 0 Å². The second kappa shape index (κ2) is 9.35. The first-order valence-electron chi connectivity index (χ1n) is 7.77. The molecule has 6 heteroatoms. The molecule has 122 valence electrons. The van der Waals surface area contributed by atoms with Gasteiger partial charge in [0.1, 0.15) is 0 Å². The minimum absolute atomic E-state index is 0.0485. The van der Waals surface area contributed by atoms with E-state index in [4.69, 9.17) is 0 Å². The molecule has 1 unspecified atom stereocenters. The van der Waals surface area contributed by atoms with Gasteiger partial charge in [0, 0.05) is 32.2 Å². The van der Waals surface area contributed by atoms with Crippen LogP contribution in [0.3, 0.4) is 0 Å². The summed E-state index contributed by atoms with van der Waals surface area (Å²) in [6, 6.07) is 0.0485. The minimum atomic E-state index is -3.45. The van der Waals surface area contributed by atoms with E-state index in [0.29, 0.717) is 19.6 Å². The number of nitrogens with one attached hydrogen (secondary N) is 1. The molecule has 0 amide bonds. The van der Waals surface area contributed by atoms with Crippen molar-refractivity contribution in [2.75, 3.05) is 32.7 Å². The summed E-state index contributed by atoms with van der Waals surface area (Å²) in [6.45, 7) is 12.3. The molecular formula is C15H29N3O2S. The van der Waals surface area contributed by atoms with Crippen LogP contribution in [0, 0.1) is 0 Å². The monoisotopic (exact) mass is 315 g/mol. The summed E-state index contributed by atoms with van der Waals surface area (Å²) in [5.74, 6) is 0. The Balaban J connectivity index is 2.83. The van der Waals surface area contributed by atoms with Crippen LogP contribution in [0.25, 0.3) is 0 Å². The standard InChI is InChI=1S/C15H29N3O2S/c1-4-10-16-14-15-9-7-8-13-18(15)21(19,20)17(11-5-2)12-6-3/h5-6,15-16H,2-4,7-14H2,1H3. The molecule has 1 aliphatic heterocycles. The number of piperidine rings is 1. The van der Waals surface area contributed by atoms with Crippen LogP contribution in [0.2, 0.25) is 0 Å². The van der Waals surface area contributed by atoms with E-state index in [1.165, 1.54) is 4.31 Å². The van der Waals surface area contributed by atoms with Crippen molar-refractivity contribution in [2.24, 2.45) is 0 Å². The Bertz CT molecular complexity index is 413. The van der Waals surface area contributed by atoms with Crippen LogP contribution in [-0.4, -0.2) is 55.8 Å². The molecule has 1 rings (SSSR count). The topological polar surface area (TPSA) is 52.7 Å². The van der Waals surface area contributed by atoms with Crippen molar-refractivity contribution in [2.45, 2.75) is 38.6 Å². The number of hydrogen-bond donors (Lipinski definition) is 1. The zero-order valence-electron chi connectivity index (χ0n) is 13.1. The molecule has 1 fully saturated rings. The predicted octanol–water partition coefficient (Wildman–Crippen LogP) is 1.76. The SMILES string of the molecule is C=CCN(CC=C)S(=O)(=O)N1CCCCC1CNCCC. The van der Waals surface area contributed by atoms with Gasteiger partial charge in [0.25, 0.3) is 10.2 Å². The summed E-state index contributed by atoms with van der Waals surface area (Å²) in [5, 5.41) is 3.34. The first-order chi connectivity index (χ1) is 10.1. The van der Waals surface area contributed by atoms with Gasteiger partial charge in [0.15, 0.2) is 0 Å². The Morgan fingerprint density at radius 2 is 1.95 bits per heavy atom. The van der Waals surface area contributed by atoms with Gasteiger partial charge in [-0.15, -0.1) is 13.2 Å². The second-order valence-electron chi connectivity index (χ2n) is 5.37. The molecule has 1 saturated heterocycles. The van der Waals surface area contributed by atoms with Gasteiger partial charge in [-0.2, -0.15) is 17.0 Å². The molecule has 1 aliphatic rings. The quantitative estimate of drug-likeness (QED) is 0.494. The van der Waals surface area contributed by atoms with Crippen LogP contribution in [0.15, 0.2) is 25.3 Å². The summed E-state index contributed by atoms with van der Waals surface area (Å²) in [5.41, 5.74) is 0. The summed E-state index contributed by atoms with van der Waals surface area (Å²) in [6.07, 6.45) is 7.24. The Morgan fingerprint density at radius 1 is 1.29 bits per heavy atom. The maximum atomic E-state index is 12.8. The minimum Gasteiger partial charge on any atom is -0.315 e. The molecule has 0 aromatic rings. The van der Waals surface area contributed by atoms with Crippen LogP contribution >= 0.6 is 0 Å². The Kier molecular flexibility index (Phi) is 8.18. The van der Waals surface area contributed by atoms with Crippen molar-refractivity contribution >= 4 is 10.2 Å². The molecule has 1 heterocycles. The lowest BCUT2D eigenvalue weighted by Gasteiger charge is -2.37. The van der Waals surface area contributed by atoms with Gasteiger partial charge in [0.2, 0.25) is 0 Å². The number of nitrogens with zero attached hydrogens (tertiary/aromatic N) is 2. The highest BCUT2D eigenvalue weighted by Gasteiger charge is 2.35. The zero-order valence-corrected chi connectivity index (χ0v) is 13.9. The van der Waals surface area contributed by atoms with Crippen LogP contribution in [0.5, 0.6) is 0 Å². The summed E-state index contributed by atoms with van der Waals surface area (Å²) in [4.78, 5) is 0.